The lowest BCUT2D eigenvalue weighted by molar-refractivity contribution is 0.224. The fraction of sp³-hybridized carbons (Fsp3) is 0.250. The average Bonchev–Trinajstić information content (AvgIpc) is 2.45. The lowest BCUT2D eigenvalue weighted by Crippen LogP contribution is -2.36. The summed E-state index contributed by atoms with van der Waals surface area (Å²) >= 11 is 11.9. The number of hydrogen-bond acceptors (Lipinski definition) is 2. The summed E-state index contributed by atoms with van der Waals surface area (Å²) in [5.41, 5.74) is 1.47. The minimum Gasteiger partial charge on any atom is -0.394 e. The number of hydrogen-bond donors (Lipinski definition) is 2. The van der Waals surface area contributed by atoms with Crippen molar-refractivity contribution >= 4 is 28.9 Å². The molecule has 0 aliphatic carbocycles. The van der Waals surface area contributed by atoms with Crippen molar-refractivity contribution in [3.63, 3.8) is 0 Å². The Morgan fingerprint density at radius 2 is 1.76 bits per heavy atom. The van der Waals surface area contributed by atoms with Crippen LogP contribution in [-0.4, -0.2) is 11.7 Å². The SMILES string of the molecule is Cc1ccc(NC(C)(CO)c2cc(F)c(Cl)cc2Cl)cc1. The first-order chi connectivity index (χ1) is 9.85. The maximum absolute atomic E-state index is 13.7. The zero-order chi connectivity index (χ0) is 15.6. The Labute approximate surface area is 133 Å². The summed E-state index contributed by atoms with van der Waals surface area (Å²) in [4.78, 5) is 0. The molecule has 0 aliphatic heterocycles. The van der Waals surface area contributed by atoms with Gasteiger partial charge in [0.25, 0.3) is 0 Å². The fourth-order valence-corrected chi connectivity index (χ4v) is 2.68. The number of aliphatic hydroxyl groups excluding tert-OH is 1. The molecule has 0 aromatic heterocycles. The molecular formula is C16H16Cl2FNO. The largest absolute Gasteiger partial charge is 0.394 e. The van der Waals surface area contributed by atoms with Crippen molar-refractivity contribution < 1.29 is 9.50 Å². The smallest absolute Gasteiger partial charge is 0.142 e. The van der Waals surface area contributed by atoms with Gasteiger partial charge in [-0.3, -0.25) is 0 Å². The van der Waals surface area contributed by atoms with Gasteiger partial charge < -0.3 is 10.4 Å². The van der Waals surface area contributed by atoms with Crippen LogP contribution in [-0.2, 0) is 5.54 Å². The highest BCUT2D eigenvalue weighted by Crippen LogP contribution is 2.34. The van der Waals surface area contributed by atoms with Crippen molar-refractivity contribution in [2.75, 3.05) is 11.9 Å². The van der Waals surface area contributed by atoms with Gasteiger partial charge >= 0.3 is 0 Å². The maximum Gasteiger partial charge on any atom is 0.142 e. The monoisotopic (exact) mass is 327 g/mol. The van der Waals surface area contributed by atoms with Gasteiger partial charge in [0.1, 0.15) is 5.82 Å². The number of nitrogens with one attached hydrogen (secondary N) is 1. The second-order valence-corrected chi connectivity index (χ2v) is 6.04. The van der Waals surface area contributed by atoms with Crippen LogP contribution < -0.4 is 5.32 Å². The van der Waals surface area contributed by atoms with Gasteiger partial charge in [-0.05, 0) is 38.1 Å². The summed E-state index contributed by atoms with van der Waals surface area (Å²) in [7, 11) is 0. The predicted molar refractivity (Wildman–Crippen MR) is 85.7 cm³/mol. The third-order valence-corrected chi connectivity index (χ3v) is 3.99. The molecule has 1 unspecified atom stereocenters. The van der Waals surface area contributed by atoms with Crippen LogP contribution in [0.3, 0.4) is 0 Å². The average molecular weight is 328 g/mol. The molecule has 0 spiro atoms. The van der Waals surface area contributed by atoms with Gasteiger partial charge in [0, 0.05) is 16.3 Å². The van der Waals surface area contributed by atoms with E-state index in [2.05, 4.69) is 5.32 Å². The number of halogens is 3. The van der Waals surface area contributed by atoms with E-state index >= 15 is 0 Å². The zero-order valence-corrected chi connectivity index (χ0v) is 13.3. The highest BCUT2D eigenvalue weighted by Gasteiger charge is 2.29. The summed E-state index contributed by atoms with van der Waals surface area (Å²) in [5.74, 6) is -0.568. The van der Waals surface area contributed by atoms with Gasteiger partial charge in [0.2, 0.25) is 0 Å². The number of anilines is 1. The van der Waals surface area contributed by atoms with Crippen LogP contribution in [0.1, 0.15) is 18.1 Å². The zero-order valence-electron chi connectivity index (χ0n) is 11.8. The topological polar surface area (TPSA) is 32.3 Å². The van der Waals surface area contributed by atoms with Gasteiger partial charge in [-0.1, -0.05) is 40.9 Å². The normalized spacial score (nSPS) is 13.8. The molecule has 0 aliphatic rings. The van der Waals surface area contributed by atoms with Gasteiger partial charge in [0.15, 0.2) is 0 Å². The molecule has 0 fully saturated rings. The van der Waals surface area contributed by atoms with E-state index in [1.165, 1.54) is 12.1 Å². The molecule has 2 N–H and O–H groups in total. The highest BCUT2D eigenvalue weighted by molar-refractivity contribution is 6.35. The quantitative estimate of drug-likeness (QED) is 0.793. The van der Waals surface area contributed by atoms with E-state index in [1.54, 1.807) is 6.92 Å². The van der Waals surface area contributed by atoms with Gasteiger partial charge in [-0.15, -0.1) is 0 Å². The van der Waals surface area contributed by atoms with E-state index in [0.717, 1.165) is 11.3 Å². The van der Waals surface area contributed by atoms with Crippen LogP contribution in [0.5, 0.6) is 0 Å². The maximum atomic E-state index is 13.7. The first-order valence-electron chi connectivity index (χ1n) is 6.46. The Balaban J connectivity index is 2.41. The van der Waals surface area contributed by atoms with E-state index < -0.39 is 11.4 Å². The molecule has 1 atom stereocenters. The lowest BCUT2D eigenvalue weighted by Gasteiger charge is -2.31. The summed E-state index contributed by atoms with van der Waals surface area (Å²) in [6, 6.07) is 10.3. The third-order valence-electron chi connectivity index (χ3n) is 3.39. The summed E-state index contributed by atoms with van der Waals surface area (Å²) < 4.78 is 13.7. The van der Waals surface area contributed by atoms with Crippen molar-refractivity contribution in [3.05, 3.63) is 63.4 Å². The Morgan fingerprint density at radius 1 is 1.14 bits per heavy atom. The van der Waals surface area contributed by atoms with E-state index in [0.29, 0.717) is 10.6 Å². The molecule has 0 amide bonds. The van der Waals surface area contributed by atoms with E-state index in [-0.39, 0.29) is 11.6 Å². The summed E-state index contributed by atoms with van der Waals surface area (Å²) in [5, 5.41) is 13.2. The van der Waals surface area contributed by atoms with E-state index in [9.17, 15) is 9.50 Å². The molecule has 2 nitrogen and oxygen atoms in total. The van der Waals surface area contributed by atoms with Crippen LogP contribution in [0, 0.1) is 12.7 Å². The number of rotatable bonds is 4. The Kier molecular flexibility index (Phi) is 4.77. The third kappa shape index (κ3) is 3.49. The first kappa shape index (κ1) is 16.1. The summed E-state index contributed by atoms with van der Waals surface area (Å²) in [6.07, 6.45) is 0. The Bertz CT molecular complexity index is 645. The second kappa shape index (κ2) is 6.22. The van der Waals surface area contributed by atoms with Gasteiger partial charge in [0.05, 0.1) is 17.2 Å². The Morgan fingerprint density at radius 3 is 2.33 bits per heavy atom. The number of benzene rings is 2. The molecule has 2 aromatic carbocycles. The highest BCUT2D eigenvalue weighted by atomic mass is 35.5. The van der Waals surface area contributed by atoms with Crippen LogP contribution in [0.2, 0.25) is 10.0 Å². The molecule has 0 heterocycles. The molecular weight excluding hydrogens is 312 g/mol. The van der Waals surface area contributed by atoms with E-state index in [4.69, 9.17) is 23.2 Å². The van der Waals surface area contributed by atoms with Crippen molar-refractivity contribution in [3.8, 4) is 0 Å². The molecule has 5 heteroatoms. The Hall–Kier alpha value is -1.29. The predicted octanol–water partition coefficient (Wildman–Crippen LogP) is 4.76. The van der Waals surface area contributed by atoms with Crippen molar-refractivity contribution in [2.24, 2.45) is 0 Å². The molecule has 2 aromatic rings. The molecule has 0 radical (unpaired) electrons. The van der Waals surface area contributed by atoms with E-state index in [1.807, 2.05) is 31.2 Å². The number of aliphatic hydroxyl groups is 1. The van der Waals surface area contributed by atoms with Gasteiger partial charge in [-0.2, -0.15) is 0 Å². The molecule has 0 bridgehead atoms. The van der Waals surface area contributed by atoms with Gasteiger partial charge in [-0.25, -0.2) is 4.39 Å². The first-order valence-corrected chi connectivity index (χ1v) is 7.22. The molecule has 0 saturated carbocycles. The van der Waals surface area contributed by atoms with Crippen LogP contribution in [0.25, 0.3) is 0 Å². The lowest BCUT2D eigenvalue weighted by atomic mass is 9.92. The van der Waals surface area contributed by atoms with Crippen LogP contribution in [0.4, 0.5) is 10.1 Å². The van der Waals surface area contributed by atoms with Crippen molar-refractivity contribution in [1.82, 2.24) is 0 Å². The van der Waals surface area contributed by atoms with Crippen molar-refractivity contribution in [2.45, 2.75) is 19.4 Å². The fourth-order valence-electron chi connectivity index (χ4n) is 2.09. The van der Waals surface area contributed by atoms with Crippen LogP contribution in [0.15, 0.2) is 36.4 Å². The molecule has 0 saturated heterocycles. The summed E-state index contributed by atoms with van der Waals surface area (Å²) in [6.45, 7) is 3.49. The molecule has 112 valence electrons. The number of aryl methyl sites for hydroxylation is 1. The standard InChI is InChI=1S/C16H16Cl2FNO/c1-10-3-5-11(6-4-10)20-16(2,9-21)12-7-15(19)14(18)8-13(12)17/h3-8,20-21H,9H2,1-2H3. The minimum absolute atomic E-state index is 0.0422. The molecule has 21 heavy (non-hydrogen) atoms. The van der Waals surface area contributed by atoms with Crippen LogP contribution >= 0.6 is 23.2 Å². The van der Waals surface area contributed by atoms with Crippen molar-refractivity contribution in [1.29, 1.82) is 0 Å². The second-order valence-electron chi connectivity index (χ2n) is 5.23. The molecule has 2 rings (SSSR count). The minimum atomic E-state index is -0.919.